The van der Waals surface area contributed by atoms with Crippen LogP contribution in [0.5, 0.6) is 0 Å². The second-order valence-corrected chi connectivity index (χ2v) is 3.73. The summed E-state index contributed by atoms with van der Waals surface area (Å²) in [6, 6.07) is 6.47. The van der Waals surface area contributed by atoms with Gasteiger partial charge in [0.15, 0.2) is 5.82 Å². The number of halogens is 2. The molecule has 17 heavy (non-hydrogen) atoms. The van der Waals surface area contributed by atoms with Crippen LogP contribution in [-0.2, 0) is 6.54 Å². The molecule has 0 saturated carbocycles. The molecule has 6 heteroatoms. The Morgan fingerprint density at radius 3 is 2.88 bits per heavy atom. The van der Waals surface area contributed by atoms with Gasteiger partial charge in [-0.15, -0.1) is 0 Å². The van der Waals surface area contributed by atoms with E-state index in [4.69, 9.17) is 17.3 Å². The zero-order valence-electron chi connectivity index (χ0n) is 8.82. The fourth-order valence-corrected chi connectivity index (χ4v) is 1.47. The van der Waals surface area contributed by atoms with Gasteiger partial charge in [-0.1, -0.05) is 18.2 Å². The van der Waals surface area contributed by atoms with E-state index in [9.17, 15) is 4.39 Å². The minimum absolute atomic E-state index is 0.0928. The van der Waals surface area contributed by atoms with Crippen LogP contribution in [0.25, 0.3) is 0 Å². The van der Waals surface area contributed by atoms with E-state index in [1.807, 2.05) is 0 Å². The van der Waals surface area contributed by atoms with Crippen molar-refractivity contribution < 1.29 is 4.39 Å². The molecule has 4 nitrogen and oxygen atoms in total. The van der Waals surface area contributed by atoms with Gasteiger partial charge in [-0.05, 0) is 17.7 Å². The van der Waals surface area contributed by atoms with Crippen molar-refractivity contribution >= 4 is 23.1 Å². The van der Waals surface area contributed by atoms with E-state index in [0.29, 0.717) is 17.1 Å². The van der Waals surface area contributed by atoms with Crippen molar-refractivity contribution in [2.24, 2.45) is 0 Å². The molecule has 0 aliphatic carbocycles. The Morgan fingerprint density at radius 2 is 2.12 bits per heavy atom. The second kappa shape index (κ2) is 4.97. The number of rotatable bonds is 3. The van der Waals surface area contributed by atoms with Gasteiger partial charge >= 0.3 is 0 Å². The number of nitrogens with zero attached hydrogens (tertiary/aromatic N) is 2. The maximum atomic E-state index is 13.3. The number of nitrogen functional groups attached to an aromatic ring is 1. The molecule has 0 amide bonds. The van der Waals surface area contributed by atoms with Gasteiger partial charge in [0.2, 0.25) is 5.28 Å². The summed E-state index contributed by atoms with van der Waals surface area (Å²) >= 11 is 5.64. The first-order chi connectivity index (χ1) is 8.16. The molecule has 0 saturated heterocycles. The molecular formula is C11H10ClFN4. The van der Waals surface area contributed by atoms with Crippen molar-refractivity contribution in [3.63, 3.8) is 0 Å². The van der Waals surface area contributed by atoms with E-state index in [2.05, 4.69) is 15.3 Å². The number of hydrogen-bond donors (Lipinski definition) is 2. The minimum atomic E-state index is -0.279. The highest BCUT2D eigenvalue weighted by Gasteiger charge is 2.05. The number of nitrogens with two attached hydrogens (primary N) is 1. The highest BCUT2D eigenvalue weighted by atomic mass is 35.5. The van der Waals surface area contributed by atoms with Gasteiger partial charge in [0.05, 0.1) is 11.9 Å². The SMILES string of the molecule is Nc1cnc(Cl)nc1NCc1ccccc1F. The Morgan fingerprint density at radius 1 is 1.35 bits per heavy atom. The fraction of sp³-hybridized carbons (Fsp3) is 0.0909. The predicted molar refractivity (Wildman–Crippen MR) is 65.2 cm³/mol. The summed E-state index contributed by atoms with van der Waals surface area (Å²) in [5.74, 6) is 0.118. The molecule has 0 bridgehead atoms. The minimum Gasteiger partial charge on any atom is -0.394 e. The zero-order valence-corrected chi connectivity index (χ0v) is 9.58. The van der Waals surface area contributed by atoms with Crippen LogP contribution in [0, 0.1) is 5.82 Å². The van der Waals surface area contributed by atoms with E-state index in [1.54, 1.807) is 18.2 Å². The van der Waals surface area contributed by atoms with Crippen LogP contribution >= 0.6 is 11.6 Å². The molecule has 2 rings (SSSR count). The lowest BCUT2D eigenvalue weighted by Crippen LogP contribution is -2.06. The summed E-state index contributed by atoms with van der Waals surface area (Å²) in [4.78, 5) is 7.64. The molecule has 1 aromatic heterocycles. The molecule has 2 aromatic rings. The van der Waals surface area contributed by atoms with Crippen LogP contribution in [0.15, 0.2) is 30.5 Å². The molecule has 0 atom stereocenters. The Kier molecular flexibility index (Phi) is 3.39. The number of nitrogens with one attached hydrogen (secondary N) is 1. The molecule has 0 fully saturated rings. The van der Waals surface area contributed by atoms with Crippen molar-refractivity contribution in [2.45, 2.75) is 6.54 Å². The Balaban J connectivity index is 2.12. The Labute approximate surface area is 103 Å². The lowest BCUT2D eigenvalue weighted by Gasteiger charge is -2.08. The average molecular weight is 253 g/mol. The van der Waals surface area contributed by atoms with Crippen LogP contribution in [0.4, 0.5) is 15.9 Å². The van der Waals surface area contributed by atoms with Crippen LogP contribution < -0.4 is 11.1 Å². The quantitative estimate of drug-likeness (QED) is 0.824. The third-order valence-corrected chi connectivity index (χ3v) is 2.37. The number of benzene rings is 1. The van der Waals surface area contributed by atoms with Crippen LogP contribution in [0.1, 0.15) is 5.56 Å². The predicted octanol–water partition coefficient (Wildman–Crippen LogP) is 2.46. The number of hydrogen-bond acceptors (Lipinski definition) is 4. The molecule has 1 aromatic carbocycles. The van der Waals surface area contributed by atoms with Gasteiger partial charge in [-0.25, -0.2) is 9.37 Å². The van der Waals surface area contributed by atoms with Gasteiger partial charge in [-0.3, -0.25) is 0 Å². The molecule has 0 unspecified atom stereocenters. The summed E-state index contributed by atoms with van der Waals surface area (Å²) in [5.41, 5.74) is 6.55. The average Bonchev–Trinajstić information content (AvgIpc) is 2.32. The van der Waals surface area contributed by atoms with E-state index < -0.39 is 0 Å². The summed E-state index contributed by atoms with van der Waals surface area (Å²) in [6.45, 7) is 0.282. The monoisotopic (exact) mass is 252 g/mol. The summed E-state index contributed by atoms with van der Waals surface area (Å²) in [6.07, 6.45) is 1.40. The maximum absolute atomic E-state index is 13.3. The number of aromatic nitrogens is 2. The standard InChI is InChI=1S/C11H10ClFN4/c12-11-16-6-9(14)10(17-11)15-5-7-3-1-2-4-8(7)13/h1-4,6H,5,14H2,(H,15,16,17). The van der Waals surface area contributed by atoms with Gasteiger partial charge in [0, 0.05) is 12.1 Å². The molecule has 0 spiro atoms. The highest BCUT2D eigenvalue weighted by molar-refractivity contribution is 6.28. The molecule has 88 valence electrons. The first kappa shape index (κ1) is 11.6. The molecule has 0 radical (unpaired) electrons. The summed E-state index contributed by atoms with van der Waals surface area (Å²) in [5, 5.41) is 3.00. The van der Waals surface area contributed by atoms with E-state index in [-0.39, 0.29) is 17.6 Å². The highest BCUT2D eigenvalue weighted by Crippen LogP contribution is 2.17. The van der Waals surface area contributed by atoms with E-state index >= 15 is 0 Å². The van der Waals surface area contributed by atoms with Crippen LogP contribution in [-0.4, -0.2) is 9.97 Å². The smallest absolute Gasteiger partial charge is 0.224 e. The van der Waals surface area contributed by atoms with Crippen molar-refractivity contribution in [1.82, 2.24) is 9.97 Å². The van der Waals surface area contributed by atoms with Gasteiger partial charge in [0.25, 0.3) is 0 Å². The second-order valence-electron chi connectivity index (χ2n) is 3.39. The van der Waals surface area contributed by atoms with Crippen molar-refractivity contribution in [3.05, 3.63) is 47.1 Å². The molecule has 0 aliphatic heterocycles. The molecule has 3 N–H and O–H groups in total. The van der Waals surface area contributed by atoms with Crippen LogP contribution in [0.3, 0.4) is 0 Å². The largest absolute Gasteiger partial charge is 0.394 e. The van der Waals surface area contributed by atoms with Crippen molar-refractivity contribution in [2.75, 3.05) is 11.1 Å². The maximum Gasteiger partial charge on any atom is 0.224 e. The first-order valence-corrected chi connectivity index (χ1v) is 5.30. The molecule has 1 heterocycles. The Bertz CT molecular complexity index is 533. The van der Waals surface area contributed by atoms with Crippen LogP contribution in [0.2, 0.25) is 5.28 Å². The van der Waals surface area contributed by atoms with Crippen molar-refractivity contribution in [3.8, 4) is 0 Å². The topological polar surface area (TPSA) is 63.8 Å². The lowest BCUT2D eigenvalue weighted by molar-refractivity contribution is 0.613. The normalized spacial score (nSPS) is 10.2. The Hall–Kier alpha value is -1.88. The first-order valence-electron chi connectivity index (χ1n) is 4.92. The summed E-state index contributed by atoms with van der Waals surface area (Å²) in [7, 11) is 0. The third-order valence-electron chi connectivity index (χ3n) is 2.19. The third kappa shape index (κ3) is 2.82. The molecular weight excluding hydrogens is 243 g/mol. The summed E-state index contributed by atoms with van der Waals surface area (Å²) < 4.78 is 13.3. The van der Waals surface area contributed by atoms with E-state index in [0.717, 1.165) is 0 Å². The van der Waals surface area contributed by atoms with E-state index in [1.165, 1.54) is 12.3 Å². The zero-order chi connectivity index (χ0) is 12.3. The van der Waals surface area contributed by atoms with Gasteiger partial charge in [-0.2, -0.15) is 4.98 Å². The lowest BCUT2D eigenvalue weighted by atomic mass is 10.2. The molecule has 0 aliphatic rings. The van der Waals surface area contributed by atoms with Gasteiger partial charge in [0.1, 0.15) is 5.82 Å². The van der Waals surface area contributed by atoms with Gasteiger partial charge < -0.3 is 11.1 Å². The van der Waals surface area contributed by atoms with Crippen molar-refractivity contribution in [1.29, 1.82) is 0 Å². The number of anilines is 2. The fourth-order valence-electron chi connectivity index (χ4n) is 1.33.